The summed E-state index contributed by atoms with van der Waals surface area (Å²) in [5.41, 5.74) is 0. The van der Waals surface area contributed by atoms with Crippen LogP contribution in [0.5, 0.6) is 0 Å². The Morgan fingerprint density at radius 1 is 1.20 bits per heavy atom. The van der Waals surface area contributed by atoms with Crippen LogP contribution in [0.25, 0.3) is 0 Å². The number of piperidine rings is 1. The van der Waals surface area contributed by atoms with Crippen LogP contribution in [0.2, 0.25) is 0 Å². The number of rotatable bonds is 6. The van der Waals surface area contributed by atoms with Crippen molar-refractivity contribution in [2.24, 2.45) is 18.9 Å². The lowest BCUT2D eigenvalue weighted by Gasteiger charge is -2.31. The largest absolute Gasteiger partial charge is 0.339 e. The predicted octanol–water partition coefficient (Wildman–Crippen LogP) is 1.06. The highest BCUT2D eigenvalue weighted by atomic mass is 32.2. The van der Waals surface area contributed by atoms with Gasteiger partial charge in [-0.25, -0.2) is 13.4 Å². The lowest BCUT2D eigenvalue weighted by molar-refractivity contribution is 0.260. The van der Waals surface area contributed by atoms with E-state index in [2.05, 4.69) is 19.7 Å². The van der Waals surface area contributed by atoms with Gasteiger partial charge >= 0.3 is 0 Å². The van der Waals surface area contributed by atoms with Crippen molar-refractivity contribution in [1.82, 2.24) is 28.6 Å². The second-order valence-corrected chi connectivity index (χ2v) is 9.18. The summed E-state index contributed by atoms with van der Waals surface area (Å²) in [5, 5.41) is 8.46. The Labute approximate surface area is 147 Å². The third-order valence-electron chi connectivity index (χ3n) is 5.09. The molecule has 1 unspecified atom stereocenters. The molecule has 2 aromatic heterocycles. The van der Waals surface area contributed by atoms with Gasteiger partial charge in [-0.1, -0.05) is 0 Å². The maximum atomic E-state index is 12.8. The van der Waals surface area contributed by atoms with E-state index >= 15 is 0 Å². The van der Waals surface area contributed by atoms with E-state index in [4.69, 9.17) is 0 Å². The van der Waals surface area contributed by atoms with Crippen molar-refractivity contribution in [1.29, 1.82) is 0 Å². The number of hydrogen-bond donors (Lipinski definition) is 0. The molecule has 0 bridgehead atoms. The monoisotopic (exact) mass is 364 g/mol. The van der Waals surface area contributed by atoms with Crippen LogP contribution in [0.3, 0.4) is 0 Å². The van der Waals surface area contributed by atoms with Crippen LogP contribution >= 0.6 is 0 Å². The molecule has 8 nitrogen and oxygen atoms in total. The summed E-state index contributed by atoms with van der Waals surface area (Å²) in [4.78, 5) is 4.02. The van der Waals surface area contributed by atoms with Crippen LogP contribution in [-0.2, 0) is 30.0 Å². The molecule has 2 fully saturated rings. The molecule has 1 atom stereocenters. The van der Waals surface area contributed by atoms with Crippen LogP contribution in [0.1, 0.15) is 31.5 Å². The van der Waals surface area contributed by atoms with E-state index in [1.807, 2.05) is 0 Å². The molecule has 2 aliphatic rings. The molecule has 0 N–H and O–H groups in total. The molecule has 1 aliphatic carbocycles. The fraction of sp³-hybridized carbons (Fsp3) is 0.688. The minimum Gasteiger partial charge on any atom is -0.339 e. The normalized spacial score (nSPS) is 22.4. The molecule has 1 aliphatic heterocycles. The fourth-order valence-corrected chi connectivity index (χ4v) is 5.01. The molecule has 0 spiro atoms. The number of imidazole rings is 1. The van der Waals surface area contributed by atoms with Gasteiger partial charge in [-0.05, 0) is 37.5 Å². The Morgan fingerprint density at radius 2 is 2.04 bits per heavy atom. The van der Waals surface area contributed by atoms with E-state index in [0.717, 1.165) is 37.5 Å². The molecular weight excluding hydrogens is 340 g/mol. The van der Waals surface area contributed by atoms with Crippen molar-refractivity contribution in [3.63, 3.8) is 0 Å². The first-order valence-corrected chi connectivity index (χ1v) is 10.3. The van der Waals surface area contributed by atoms with E-state index in [1.54, 1.807) is 28.4 Å². The van der Waals surface area contributed by atoms with E-state index in [0.29, 0.717) is 13.1 Å². The van der Waals surface area contributed by atoms with Gasteiger partial charge in [0.25, 0.3) is 10.0 Å². The van der Waals surface area contributed by atoms with Gasteiger partial charge in [0, 0.05) is 39.3 Å². The molecule has 9 heteroatoms. The van der Waals surface area contributed by atoms with Crippen LogP contribution in [0, 0.1) is 11.8 Å². The standard InChI is InChI=1S/C16H24N6O2S/c1-20-10-16(17-11-20)25(23,24)22-6-2-3-14(9-22)7-15-19-18-12-21(15)8-13-4-5-13/h10-14H,2-9H2,1H3. The highest BCUT2D eigenvalue weighted by molar-refractivity contribution is 7.89. The van der Waals surface area contributed by atoms with Crippen LogP contribution < -0.4 is 0 Å². The highest BCUT2D eigenvalue weighted by Gasteiger charge is 2.32. The molecule has 4 rings (SSSR count). The van der Waals surface area contributed by atoms with Crippen LogP contribution in [0.15, 0.2) is 23.9 Å². The van der Waals surface area contributed by atoms with Crippen LogP contribution in [0.4, 0.5) is 0 Å². The van der Waals surface area contributed by atoms with Crippen LogP contribution in [-0.4, -0.2) is 50.1 Å². The second kappa shape index (κ2) is 6.53. The number of nitrogens with zero attached hydrogens (tertiary/aromatic N) is 6. The van der Waals surface area contributed by atoms with Crippen molar-refractivity contribution in [3.8, 4) is 0 Å². The zero-order valence-electron chi connectivity index (χ0n) is 14.5. The van der Waals surface area contributed by atoms with E-state index < -0.39 is 10.0 Å². The SMILES string of the molecule is Cn1cnc(S(=O)(=O)N2CCCC(Cc3nncn3CC3CC3)C2)c1. The van der Waals surface area contributed by atoms with Crippen molar-refractivity contribution in [2.45, 2.75) is 43.7 Å². The van der Waals surface area contributed by atoms with E-state index in [1.165, 1.54) is 19.2 Å². The zero-order valence-corrected chi connectivity index (χ0v) is 15.3. The molecule has 1 saturated carbocycles. The molecule has 2 aromatic rings. The molecule has 0 radical (unpaired) electrons. The van der Waals surface area contributed by atoms with Gasteiger partial charge in [0.2, 0.25) is 0 Å². The van der Waals surface area contributed by atoms with Gasteiger partial charge in [0.1, 0.15) is 12.2 Å². The van der Waals surface area contributed by atoms with Gasteiger partial charge in [-0.2, -0.15) is 4.31 Å². The quantitative estimate of drug-likeness (QED) is 0.765. The summed E-state index contributed by atoms with van der Waals surface area (Å²) in [6, 6.07) is 0. The Bertz CT molecular complexity index is 838. The van der Waals surface area contributed by atoms with Crippen molar-refractivity contribution < 1.29 is 8.42 Å². The number of aromatic nitrogens is 5. The predicted molar refractivity (Wildman–Crippen MR) is 91.1 cm³/mol. The Hall–Kier alpha value is -1.74. The first-order valence-electron chi connectivity index (χ1n) is 8.87. The van der Waals surface area contributed by atoms with Gasteiger partial charge in [0.15, 0.2) is 5.03 Å². The van der Waals surface area contributed by atoms with Crippen molar-refractivity contribution in [2.75, 3.05) is 13.1 Å². The Balaban J connectivity index is 1.45. The lowest BCUT2D eigenvalue weighted by Crippen LogP contribution is -2.40. The molecule has 25 heavy (non-hydrogen) atoms. The minimum atomic E-state index is -3.51. The Kier molecular flexibility index (Phi) is 4.36. The molecular formula is C16H24N6O2S. The van der Waals surface area contributed by atoms with Gasteiger partial charge in [-0.15, -0.1) is 10.2 Å². The summed E-state index contributed by atoms with van der Waals surface area (Å²) in [6.45, 7) is 2.07. The van der Waals surface area contributed by atoms with Gasteiger partial charge in [0.05, 0.1) is 6.33 Å². The van der Waals surface area contributed by atoms with Crippen molar-refractivity contribution in [3.05, 3.63) is 24.7 Å². The maximum Gasteiger partial charge on any atom is 0.262 e. The van der Waals surface area contributed by atoms with Crippen molar-refractivity contribution >= 4 is 10.0 Å². The molecule has 0 aromatic carbocycles. The first-order chi connectivity index (χ1) is 12.0. The zero-order chi connectivity index (χ0) is 17.4. The smallest absolute Gasteiger partial charge is 0.262 e. The van der Waals surface area contributed by atoms with E-state index in [-0.39, 0.29) is 10.9 Å². The summed E-state index contributed by atoms with van der Waals surface area (Å²) >= 11 is 0. The third kappa shape index (κ3) is 3.62. The number of hydrogen-bond acceptors (Lipinski definition) is 5. The summed E-state index contributed by atoms with van der Waals surface area (Å²) in [6.07, 6.45) is 10.1. The topological polar surface area (TPSA) is 85.9 Å². The number of aryl methyl sites for hydroxylation is 1. The Morgan fingerprint density at radius 3 is 2.76 bits per heavy atom. The van der Waals surface area contributed by atoms with Gasteiger partial charge < -0.3 is 9.13 Å². The van der Waals surface area contributed by atoms with Gasteiger partial charge in [-0.3, -0.25) is 0 Å². The summed E-state index contributed by atoms with van der Waals surface area (Å²) in [7, 11) is -1.74. The molecule has 3 heterocycles. The minimum absolute atomic E-state index is 0.132. The lowest BCUT2D eigenvalue weighted by atomic mass is 9.96. The summed E-state index contributed by atoms with van der Waals surface area (Å²) in [5.74, 6) is 2.02. The number of sulfonamides is 1. The second-order valence-electron chi connectivity index (χ2n) is 7.30. The maximum absolute atomic E-state index is 12.8. The third-order valence-corrected chi connectivity index (χ3v) is 6.84. The highest BCUT2D eigenvalue weighted by Crippen LogP contribution is 2.31. The van der Waals surface area contributed by atoms with E-state index in [9.17, 15) is 8.42 Å². The summed E-state index contributed by atoms with van der Waals surface area (Å²) < 4.78 is 31.0. The first kappa shape index (κ1) is 16.7. The molecule has 136 valence electrons. The molecule has 0 amide bonds. The average molecular weight is 364 g/mol. The molecule has 1 saturated heterocycles. The average Bonchev–Trinajstić information content (AvgIpc) is 3.12. The fourth-order valence-electron chi connectivity index (χ4n) is 3.49.